The van der Waals surface area contributed by atoms with Gasteiger partial charge in [0.2, 0.25) is 15.9 Å². The second-order valence-electron chi connectivity index (χ2n) is 4.96. The minimum absolute atomic E-state index is 0.0604. The van der Waals surface area contributed by atoms with E-state index in [9.17, 15) is 13.2 Å². The number of hydrogen-bond donors (Lipinski definition) is 1. The van der Waals surface area contributed by atoms with E-state index in [2.05, 4.69) is 0 Å². The number of ether oxygens (including phenoxy) is 1. The van der Waals surface area contributed by atoms with E-state index in [1.807, 2.05) is 0 Å². The van der Waals surface area contributed by atoms with Crippen molar-refractivity contribution in [2.45, 2.75) is 23.3 Å². The van der Waals surface area contributed by atoms with Gasteiger partial charge in [-0.15, -0.1) is 0 Å². The molecule has 1 unspecified atom stereocenters. The fraction of sp³-hybridized carbons (Fsp3) is 0.462. The molecule has 1 heterocycles. The van der Waals surface area contributed by atoms with Gasteiger partial charge in [-0.3, -0.25) is 4.79 Å². The summed E-state index contributed by atoms with van der Waals surface area (Å²) in [5.41, 5.74) is 4.14. The molecule has 2 N–H and O–H groups in total. The summed E-state index contributed by atoms with van der Waals surface area (Å²) in [5.74, 6) is -0.695. The van der Waals surface area contributed by atoms with Crippen molar-refractivity contribution >= 4 is 27.5 Å². The van der Waals surface area contributed by atoms with Crippen LogP contribution in [0.15, 0.2) is 29.2 Å². The van der Waals surface area contributed by atoms with Crippen LogP contribution in [0, 0.1) is 0 Å². The van der Waals surface area contributed by atoms with Gasteiger partial charge in [-0.1, -0.05) is 11.6 Å². The second-order valence-corrected chi connectivity index (χ2v) is 7.26. The number of nitrogens with two attached hydrogens (primary N) is 1. The Balaban J connectivity index is 2.47. The first-order chi connectivity index (χ1) is 9.84. The molecule has 0 bridgehead atoms. The van der Waals surface area contributed by atoms with E-state index >= 15 is 0 Å². The average molecular weight is 333 g/mol. The van der Waals surface area contributed by atoms with Crippen LogP contribution in [-0.2, 0) is 19.6 Å². The van der Waals surface area contributed by atoms with Crippen molar-refractivity contribution in [2.24, 2.45) is 5.73 Å². The van der Waals surface area contributed by atoms with Crippen LogP contribution in [0.25, 0.3) is 0 Å². The van der Waals surface area contributed by atoms with Gasteiger partial charge in [0.1, 0.15) is 5.54 Å². The Kier molecular flexibility index (Phi) is 4.57. The summed E-state index contributed by atoms with van der Waals surface area (Å²) in [6.45, 7) is 0.173. The van der Waals surface area contributed by atoms with Crippen molar-refractivity contribution in [2.75, 3.05) is 20.3 Å². The monoisotopic (exact) mass is 332 g/mol. The van der Waals surface area contributed by atoms with Gasteiger partial charge in [-0.05, 0) is 37.1 Å². The number of halogens is 1. The van der Waals surface area contributed by atoms with Crippen LogP contribution in [0.4, 0.5) is 0 Å². The van der Waals surface area contributed by atoms with Crippen LogP contribution in [0.2, 0.25) is 5.02 Å². The maximum absolute atomic E-state index is 12.8. The summed E-state index contributed by atoms with van der Waals surface area (Å²) in [6.07, 6.45) is 0.905. The molecule has 1 aliphatic heterocycles. The highest BCUT2D eigenvalue weighted by atomic mass is 35.5. The van der Waals surface area contributed by atoms with Gasteiger partial charge in [-0.2, -0.15) is 4.31 Å². The number of hydrogen-bond acceptors (Lipinski definition) is 4. The highest BCUT2D eigenvalue weighted by Crippen LogP contribution is 2.35. The van der Waals surface area contributed by atoms with E-state index in [-0.39, 0.29) is 18.0 Å². The first kappa shape index (κ1) is 16.2. The van der Waals surface area contributed by atoms with Gasteiger partial charge in [-0.25, -0.2) is 8.42 Å². The van der Waals surface area contributed by atoms with Crippen LogP contribution in [0.1, 0.15) is 12.8 Å². The molecule has 0 spiro atoms. The maximum Gasteiger partial charge on any atom is 0.244 e. The normalized spacial score (nSPS) is 23.3. The van der Waals surface area contributed by atoms with E-state index in [1.54, 1.807) is 0 Å². The minimum Gasteiger partial charge on any atom is -0.382 e. The lowest BCUT2D eigenvalue weighted by atomic mass is 9.98. The molecular weight excluding hydrogens is 316 g/mol. The summed E-state index contributed by atoms with van der Waals surface area (Å²) in [5, 5.41) is 0.438. The summed E-state index contributed by atoms with van der Waals surface area (Å²) in [6, 6.07) is 5.81. The van der Waals surface area contributed by atoms with E-state index in [1.165, 1.54) is 31.4 Å². The van der Waals surface area contributed by atoms with Crippen LogP contribution in [0.5, 0.6) is 0 Å². The van der Waals surface area contributed by atoms with Crippen LogP contribution in [0.3, 0.4) is 0 Å². The Morgan fingerprint density at radius 2 is 2.05 bits per heavy atom. The van der Waals surface area contributed by atoms with Crippen molar-refractivity contribution in [1.29, 1.82) is 0 Å². The van der Waals surface area contributed by atoms with Crippen LogP contribution >= 0.6 is 11.6 Å². The number of methoxy groups -OCH3 is 1. The topological polar surface area (TPSA) is 89.7 Å². The van der Waals surface area contributed by atoms with E-state index in [0.717, 1.165) is 4.31 Å². The molecule has 116 valence electrons. The Morgan fingerprint density at radius 1 is 1.43 bits per heavy atom. The third kappa shape index (κ3) is 2.78. The molecule has 1 atom stereocenters. The number of carbonyl (C=O) groups excluding carboxylic acids is 1. The number of nitrogens with zero attached hydrogens (tertiary/aromatic N) is 1. The predicted octanol–water partition coefficient (Wildman–Crippen LogP) is 0.995. The molecule has 1 aromatic carbocycles. The molecule has 21 heavy (non-hydrogen) atoms. The zero-order chi connectivity index (χ0) is 15.7. The van der Waals surface area contributed by atoms with Gasteiger partial charge in [0.05, 0.1) is 11.5 Å². The van der Waals surface area contributed by atoms with Crippen molar-refractivity contribution in [3.8, 4) is 0 Å². The first-order valence-corrected chi connectivity index (χ1v) is 8.24. The molecule has 2 rings (SSSR count). The molecule has 0 radical (unpaired) electrons. The standard InChI is InChI=1S/C13H17ClN2O4S/c1-20-9-13(12(15)17)7-2-8-16(13)21(18,19)11-5-3-10(14)4-6-11/h3-6H,2,7-9H2,1H3,(H2,15,17). The fourth-order valence-corrected chi connectivity index (χ4v) is 4.56. The van der Waals surface area contributed by atoms with Crippen LogP contribution in [-0.4, -0.2) is 44.4 Å². The number of carbonyl (C=O) groups is 1. The SMILES string of the molecule is COCC1(C(N)=O)CCCN1S(=O)(=O)c1ccc(Cl)cc1. The summed E-state index contributed by atoms with van der Waals surface area (Å²) >= 11 is 5.78. The quantitative estimate of drug-likeness (QED) is 0.870. The number of amides is 1. The second kappa shape index (κ2) is 5.92. The lowest BCUT2D eigenvalue weighted by molar-refractivity contribution is -0.128. The molecule has 1 amide bonds. The van der Waals surface area contributed by atoms with E-state index < -0.39 is 21.5 Å². The molecule has 1 aliphatic rings. The molecular formula is C13H17ClN2O4S. The summed E-state index contributed by atoms with van der Waals surface area (Å²) in [7, 11) is -2.42. The Bertz CT molecular complexity index is 632. The van der Waals surface area contributed by atoms with E-state index in [4.69, 9.17) is 22.1 Å². The van der Waals surface area contributed by atoms with E-state index in [0.29, 0.717) is 17.9 Å². The zero-order valence-electron chi connectivity index (χ0n) is 11.6. The summed E-state index contributed by atoms with van der Waals surface area (Å²) < 4.78 is 31.7. The van der Waals surface area contributed by atoms with Crippen molar-refractivity contribution in [1.82, 2.24) is 4.31 Å². The maximum atomic E-state index is 12.8. The molecule has 8 heteroatoms. The van der Waals surface area contributed by atoms with Crippen molar-refractivity contribution < 1.29 is 17.9 Å². The molecule has 0 aliphatic carbocycles. The number of sulfonamides is 1. The lowest BCUT2D eigenvalue weighted by Crippen LogP contribution is -2.58. The van der Waals surface area contributed by atoms with Gasteiger partial charge < -0.3 is 10.5 Å². The number of primary amides is 1. The number of benzene rings is 1. The summed E-state index contributed by atoms with van der Waals surface area (Å²) in [4.78, 5) is 12.0. The predicted molar refractivity (Wildman–Crippen MR) is 78.4 cm³/mol. The molecule has 0 saturated carbocycles. The smallest absolute Gasteiger partial charge is 0.244 e. The first-order valence-electron chi connectivity index (χ1n) is 6.42. The van der Waals surface area contributed by atoms with Gasteiger partial charge in [0.15, 0.2) is 0 Å². The van der Waals surface area contributed by atoms with Gasteiger partial charge in [0, 0.05) is 18.7 Å². The number of rotatable bonds is 5. The Morgan fingerprint density at radius 3 is 2.57 bits per heavy atom. The van der Waals surface area contributed by atoms with Crippen molar-refractivity contribution in [3.05, 3.63) is 29.3 Å². The minimum atomic E-state index is -3.84. The molecule has 1 fully saturated rings. The highest BCUT2D eigenvalue weighted by molar-refractivity contribution is 7.89. The van der Waals surface area contributed by atoms with Crippen molar-refractivity contribution in [3.63, 3.8) is 0 Å². The molecule has 1 aromatic rings. The zero-order valence-corrected chi connectivity index (χ0v) is 13.2. The van der Waals surface area contributed by atoms with Gasteiger partial charge in [0.25, 0.3) is 0 Å². The average Bonchev–Trinajstić information content (AvgIpc) is 2.85. The molecule has 6 nitrogen and oxygen atoms in total. The molecule has 1 saturated heterocycles. The third-order valence-electron chi connectivity index (χ3n) is 3.67. The largest absolute Gasteiger partial charge is 0.382 e. The lowest BCUT2D eigenvalue weighted by Gasteiger charge is -2.34. The van der Waals surface area contributed by atoms with Crippen LogP contribution < -0.4 is 5.73 Å². The Labute approximate surface area is 128 Å². The Hall–Kier alpha value is -1.15. The third-order valence-corrected chi connectivity index (χ3v) is 5.90. The highest BCUT2D eigenvalue weighted by Gasteiger charge is 2.52. The molecule has 0 aromatic heterocycles. The van der Waals surface area contributed by atoms with Gasteiger partial charge >= 0.3 is 0 Å². The fourth-order valence-electron chi connectivity index (χ4n) is 2.64.